The van der Waals surface area contributed by atoms with Crippen LogP contribution in [0.15, 0.2) is 39.3 Å². The van der Waals surface area contributed by atoms with Gasteiger partial charge in [-0.15, -0.1) is 5.11 Å². The highest BCUT2D eigenvalue weighted by Crippen LogP contribution is 2.32. The van der Waals surface area contributed by atoms with E-state index in [1.165, 1.54) is 4.57 Å². The third-order valence-electron chi connectivity index (χ3n) is 9.71. The Morgan fingerprint density at radius 3 is 1.98 bits per heavy atom. The molecule has 1 amide bonds. The van der Waals surface area contributed by atoms with Crippen LogP contribution in [-0.4, -0.2) is 58.2 Å². The first kappa shape index (κ1) is 41.6. The van der Waals surface area contributed by atoms with E-state index in [2.05, 4.69) is 50.2 Å². The largest absolute Gasteiger partial charge is 0.493 e. The van der Waals surface area contributed by atoms with E-state index in [4.69, 9.17) is 11.5 Å². The van der Waals surface area contributed by atoms with Crippen LogP contribution in [0.25, 0.3) is 0 Å². The van der Waals surface area contributed by atoms with Crippen LogP contribution in [0.1, 0.15) is 121 Å². The number of nitrogens with two attached hydrogens (primary N) is 2. The average molecular weight is 679 g/mol. The van der Waals surface area contributed by atoms with Gasteiger partial charge in [-0.05, 0) is 75.3 Å². The number of pyridine rings is 1. The molecule has 0 fully saturated rings. The fourth-order valence-corrected chi connectivity index (χ4v) is 6.31. The lowest BCUT2D eigenvalue weighted by molar-refractivity contribution is 0.0670. The van der Waals surface area contributed by atoms with Gasteiger partial charge < -0.3 is 26.8 Å². The van der Waals surface area contributed by atoms with Crippen molar-refractivity contribution >= 4 is 17.3 Å². The summed E-state index contributed by atoms with van der Waals surface area (Å²) in [7, 11) is 0. The number of hydrogen-bond donors (Lipinski definition) is 4. The highest BCUT2D eigenvalue weighted by molar-refractivity contribution is 5.94. The number of carbonyl (C=O) groups excluding carboxylic acids is 1. The van der Waals surface area contributed by atoms with Crippen molar-refractivity contribution in [1.29, 1.82) is 5.26 Å². The van der Waals surface area contributed by atoms with E-state index in [1.54, 1.807) is 31.2 Å². The van der Waals surface area contributed by atoms with Crippen LogP contribution in [0.4, 0.5) is 11.4 Å². The van der Waals surface area contributed by atoms with Crippen LogP contribution in [0, 0.1) is 30.1 Å². The van der Waals surface area contributed by atoms with Crippen molar-refractivity contribution in [1.82, 2.24) is 14.8 Å². The molecule has 5 unspecified atom stereocenters. The van der Waals surface area contributed by atoms with E-state index in [-0.39, 0.29) is 65.1 Å². The summed E-state index contributed by atoms with van der Waals surface area (Å²) in [6, 6.07) is 8.80. The van der Waals surface area contributed by atoms with Crippen molar-refractivity contribution in [3.8, 4) is 11.9 Å². The Kier molecular flexibility index (Phi) is 18.2. The van der Waals surface area contributed by atoms with Gasteiger partial charge in [0.1, 0.15) is 11.6 Å². The monoisotopic (exact) mass is 678 g/mol. The van der Waals surface area contributed by atoms with Crippen LogP contribution < -0.4 is 22.3 Å². The predicted octanol–water partition coefficient (Wildman–Crippen LogP) is 7.07. The quantitative estimate of drug-likeness (QED) is 0.0761. The molecule has 0 saturated heterocycles. The van der Waals surface area contributed by atoms with Gasteiger partial charge in [-0.3, -0.25) is 14.2 Å². The molecule has 0 aliphatic heterocycles. The van der Waals surface area contributed by atoms with Crippen molar-refractivity contribution in [3.63, 3.8) is 0 Å². The van der Waals surface area contributed by atoms with Gasteiger partial charge in [0.25, 0.3) is 11.5 Å². The Bertz CT molecular complexity index is 1410. The molecule has 0 radical (unpaired) electrons. The van der Waals surface area contributed by atoms with E-state index in [0.29, 0.717) is 24.3 Å². The number of nitrogens with zero attached hydrogens (tertiary/aromatic N) is 5. The molecule has 5 atom stereocenters. The lowest BCUT2D eigenvalue weighted by atomic mass is 9.90. The van der Waals surface area contributed by atoms with Gasteiger partial charge in [-0.1, -0.05) is 73.6 Å². The number of nitriles is 1. The molecule has 11 heteroatoms. The molecule has 0 spiro atoms. The van der Waals surface area contributed by atoms with Crippen LogP contribution in [0.5, 0.6) is 5.88 Å². The molecule has 2 rings (SSSR count). The molecule has 0 saturated carbocycles. The second-order valence-corrected chi connectivity index (χ2v) is 13.3. The fourth-order valence-electron chi connectivity index (χ4n) is 6.31. The van der Waals surface area contributed by atoms with Crippen LogP contribution in [0.2, 0.25) is 0 Å². The minimum atomic E-state index is -0.554. The Morgan fingerprint density at radius 2 is 1.51 bits per heavy atom. The van der Waals surface area contributed by atoms with Gasteiger partial charge in [0.2, 0.25) is 5.88 Å². The van der Waals surface area contributed by atoms with Crippen molar-refractivity contribution in [2.45, 2.75) is 131 Å². The summed E-state index contributed by atoms with van der Waals surface area (Å²) in [5.41, 5.74) is 13.8. The number of benzene rings is 1. The number of aromatic nitrogens is 1. The maximum atomic E-state index is 14.0. The number of unbranched alkanes of at least 4 members (excludes halogenated alkanes) is 1. The molecule has 6 N–H and O–H groups in total. The number of amides is 1. The Hall–Kier alpha value is -3.59. The van der Waals surface area contributed by atoms with Gasteiger partial charge in [-0.2, -0.15) is 10.4 Å². The highest BCUT2D eigenvalue weighted by atomic mass is 16.3. The lowest BCUT2D eigenvalue weighted by Gasteiger charge is -2.34. The van der Waals surface area contributed by atoms with Crippen molar-refractivity contribution in [2.75, 3.05) is 19.6 Å². The molecule has 1 aromatic heterocycles. The molecule has 49 heavy (non-hydrogen) atoms. The number of azo groups is 1. The van der Waals surface area contributed by atoms with E-state index in [9.17, 15) is 20.0 Å². The molecule has 0 aliphatic rings. The molecule has 272 valence electrons. The molecule has 11 nitrogen and oxygen atoms in total. The number of rotatable bonds is 22. The van der Waals surface area contributed by atoms with E-state index in [1.807, 2.05) is 17.9 Å². The van der Waals surface area contributed by atoms with Gasteiger partial charge in [0.15, 0.2) is 5.69 Å². The van der Waals surface area contributed by atoms with Crippen molar-refractivity contribution < 1.29 is 9.90 Å². The SMILES string of the molecule is CCCCNC(CC)Cn1c(O)c(/N=N/c2ccc(C(=O)N(CC(CC)C(N)CCC)CC(CC)C(N)CCC)cc2)c(C)c(C#N)c1=O. The fraction of sp³-hybridized carbons (Fsp3) is 0.658. The van der Waals surface area contributed by atoms with Crippen LogP contribution in [-0.2, 0) is 6.54 Å². The number of hydrogen-bond acceptors (Lipinski definition) is 9. The molecular weight excluding hydrogens is 616 g/mol. The highest BCUT2D eigenvalue weighted by Gasteiger charge is 2.27. The van der Waals surface area contributed by atoms with Gasteiger partial charge in [-0.25, -0.2) is 0 Å². The van der Waals surface area contributed by atoms with Crippen LogP contribution in [0.3, 0.4) is 0 Å². The number of aromatic hydroxyl groups is 1. The van der Waals surface area contributed by atoms with Crippen molar-refractivity contribution in [2.24, 2.45) is 33.5 Å². The second-order valence-electron chi connectivity index (χ2n) is 13.3. The summed E-state index contributed by atoms with van der Waals surface area (Å²) in [6.45, 7) is 16.3. The molecule has 0 bridgehead atoms. The maximum absolute atomic E-state index is 14.0. The zero-order valence-corrected chi connectivity index (χ0v) is 31.0. The average Bonchev–Trinajstić information content (AvgIpc) is 3.09. The Labute approximate surface area is 294 Å². The number of carbonyl (C=O) groups is 1. The topological polar surface area (TPSA) is 175 Å². The van der Waals surface area contributed by atoms with Gasteiger partial charge >= 0.3 is 0 Å². The normalized spacial score (nSPS) is 14.7. The third-order valence-corrected chi connectivity index (χ3v) is 9.71. The Morgan fingerprint density at radius 1 is 0.939 bits per heavy atom. The smallest absolute Gasteiger partial charge is 0.271 e. The van der Waals surface area contributed by atoms with Crippen LogP contribution >= 0.6 is 0 Å². The number of nitrogens with one attached hydrogen (secondary N) is 1. The summed E-state index contributed by atoms with van der Waals surface area (Å²) in [6.07, 6.45) is 8.32. The summed E-state index contributed by atoms with van der Waals surface area (Å²) in [5.74, 6) is -0.0600. The zero-order chi connectivity index (χ0) is 36.5. The van der Waals surface area contributed by atoms with E-state index >= 15 is 0 Å². The maximum Gasteiger partial charge on any atom is 0.271 e. The molecule has 2 aromatic rings. The first-order valence-corrected chi connectivity index (χ1v) is 18.4. The molecule has 1 heterocycles. The molecule has 0 aliphatic carbocycles. The molecule has 1 aromatic carbocycles. The standard InChI is InChI=1S/C38H62N8O3/c1-8-14-21-42-30(13-6)25-46-37(48)32(22-39)26(7)35(38(46)49)44-43-31-19-17-29(18-20-31)36(47)45(23-27(11-4)33(40)15-9-2)24-28(12-5)34(41)16-10-3/h17-20,27-28,30,33-34,42,49H,8-16,21,23-25,40-41H2,1-7H3/b44-43+. The van der Waals surface area contributed by atoms with E-state index in [0.717, 1.165) is 64.3 Å². The second kappa shape index (κ2) is 21.5. The van der Waals surface area contributed by atoms with Gasteiger partial charge in [0, 0.05) is 48.9 Å². The summed E-state index contributed by atoms with van der Waals surface area (Å²) >= 11 is 0. The summed E-state index contributed by atoms with van der Waals surface area (Å²) in [4.78, 5) is 29.1. The first-order chi connectivity index (χ1) is 23.5. The predicted molar refractivity (Wildman–Crippen MR) is 199 cm³/mol. The third kappa shape index (κ3) is 11.8. The summed E-state index contributed by atoms with van der Waals surface area (Å²) in [5, 5.41) is 33.0. The van der Waals surface area contributed by atoms with E-state index < -0.39 is 5.56 Å². The van der Waals surface area contributed by atoms with Gasteiger partial charge in [0.05, 0.1) is 5.69 Å². The minimum absolute atomic E-state index is 0.0124. The lowest BCUT2D eigenvalue weighted by Crippen LogP contribution is -2.46. The summed E-state index contributed by atoms with van der Waals surface area (Å²) < 4.78 is 1.20. The Balaban J connectivity index is 2.41. The minimum Gasteiger partial charge on any atom is -0.493 e. The molecular formula is C38H62N8O3. The first-order valence-electron chi connectivity index (χ1n) is 18.4. The zero-order valence-electron chi connectivity index (χ0n) is 31.0. The van der Waals surface area contributed by atoms with Crippen molar-refractivity contribution in [3.05, 3.63) is 51.3 Å².